The molecule has 2 aromatic rings. The topological polar surface area (TPSA) is 112 Å². The number of imide groups is 1. The minimum Gasteiger partial charge on any atom is -0.493 e. The molecule has 2 aromatic carbocycles. The summed E-state index contributed by atoms with van der Waals surface area (Å²) in [6.07, 6.45) is 1.92. The zero-order valence-electron chi connectivity index (χ0n) is 20.0. The molecule has 0 aliphatic carbocycles. The second kappa shape index (κ2) is 12.2. The number of ether oxygens (including phenoxy) is 2. The molecule has 0 unspecified atom stereocenters. The summed E-state index contributed by atoms with van der Waals surface area (Å²) in [6.45, 7) is 8.09. The van der Waals surface area contributed by atoms with Gasteiger partial charge in [0.1, 0.15) is 5.75 Å². The van der Waals surface area contributed by atoms with Crippen LogP contribution in [0.1, 0.15) is 47.4 Å². The summed E-state index contributed by atoms with van der Waals surface area (Å²) in [5.41, 5.74) is 0.833. The van der Waals surface area contributed by atoms with Crippen LogP contribution >= 0.6 is 10.9 Å². The molecule has 1 N–H and O–H groups in total. The quantitative estimate of drug-likeness (QED) is 0.173. The minimum absolute atomic E-state index is 0.130. The van der Waals surface area contributed by atoms with Gasteiger partial charge >= 0.3 is 5.97 Å². The number of carbonyl (C=O) groups excluding carboxylic acids is 3. The zero-order chi connectivity index (χ0) is 25.4. The highest BCUT2D eigenvalue weighted by Gasteiger charge is 2.34. The largest absolute Gasteiger partial charge is 0.493 e. The fraction of sp³-hybridized carbons (Fsp3) is 0.400. The maximum absolute atomic E-state index is 13.2. The Hall–Kier alpha value is -2.92. The van der Waals surface area contributed by atoms with Crippen LogP contribution in [0, 0.1) is 0 Å². The van der Waals surface area contributed by atoms with E-state index in [0.717, 1.165) is 6.08 Å². The smallest absolute Gasteiger partial charge is 0.330 e. The summed E-state index contributed by atoms with van der Waals surface area (Å²) in [4.78, 5) is 38.7. The third-order valence-corrected chi connectivity index (χ3v) is 7.31. The van der Waals surface area contributed by atoms with Crippen LogP contribution in [0.3, 0.4) is 0 Å². The molecule has 0 aromatic heterocycles. The Labute approximate surface area is 206 Å². The lowest BCUT2D eigenvalue weighted by atomic mass is 9.93. The molecule has 9 nitrogen and oxygen atoms in total. The second-order valence-corrected chi connectivity index (χ2v) is 9.67. The minimum atomic E-state index is -2.70. The van der Waals surface area contributed by atoms with Gasteiger partial charge in [-0.15, -0.1) is 0 Å². The van der Waals surface area contributed by atoms with Gasteiger partial charge in [-0.1, -0.05) is 18.7 Å². The number of esters is 1. The molecule has 0 spiro atoms. The lowest BCUT2D eigenvalue weighted by molar-refractivity contribution is -0.137. The maximum Gasteiger partial charge on any atom is 0.330 e. The van der Waals surface area contributed by atoms with Gasteiger partial charge in [-0.05, 0) is 38.5 Å². The highest BCUT2D eigenvalue weighted by molar-refractivity contribution is 8.21. The first-order chi connectivity index (χ1) is 16.8. The summed E-state index contributed by atoms with van der Waals surface area (Å²) in [6, 6.07) is 8.60. The van der Waals surface area contributed by atoms with Crippen molar-refractivity contribution in [3.05, 3.63) is 54.1 Å². The van der Waals surface area contributed by atoms with E-state index in [1.807, 2.05) is 0 Å². The molecular weight excluding hydrogens is 474 g/mol. The van der Waals surface area contributed by atoms with Gasteiger partial charge in [-0.2, -0.15) is 0 Å². The average molecular weight is 506 g/mol. The monoisotopic (exact) mass is 505 g/mol. The van der Waals surface area contributed by atoms with E-state index >= 15 is 0 Å². The SMILES string of the molecule is C=CC(=O)OCCCOc1ccc2c3c(cccc13)C(=O)N(CCCS(O)(OCC)OCC)C2=O. The van der Waals surface area contributed by atoms with Gasteiger partial charge < -0.3 is 14.0 Å². The van der Waals surface area contributed by atoms with E-state index in [-0.39, 0.29) is 18.9 Å². The molecule has 35 heavy (non-hydrogen) atoms. The van der Waals surface area contributed by atoms with Crippen molar-refractivity contribution >= 4 is 39.4 Å². The van der Waals surface area contributed by atoms with Gasteiger partial charge in [-0.25, -0.2) is 4.79 Å². The van der Waals surface area contributed by atoms with Gasteiger partial charge in [0.25, 0.3) is 11.8 Å². The fourth-order valence-corrected chi connectivity index (χ4v) is 5.38. The Morgan fingerprint density at radius 3 is 2.37 bits per heavy atom. The highest BCUT2D eigenvalue weighted by atomic mass is 32.3. The first kappa shape index (κ1) is 26.7. The Balaban J connectivity index is 1.73. The van der Waals surface area contributed by atoms with Gasteiger partial charge in [0.05, 0.1) is 37.3 Å². The molecule has 2 amide bonds. The number of hydrogen-bond donors (Lipinski definition) is 1. The van der Waals surface area contributed by atoms with Crippen molar-refractivity contribution in [2.24, 2.45) is 0 Å². The molecular formula is C25H31NO8S. The number of rotatable bonds is 14. The molecule has 1 heterocycles. The molecule has 0 bridgehead atoms. The van der Waals surface area contributed by atoms with Crippen LogP contribution < -0.4 is 4.74 Å². The van der Waals surface area contributed by atoms with Crippen LogP contribution in [0.15, 0.2) is 43.0 Å². The first-order valence-corrected chi connectivity index (χ1v) is 13.1. The molecule has 1 aliphatic heterocycles. The normalized spacial score (nSPS) is 13.7. The number of benzene rings is 2. The summed E-state index contributed by atoms with van der Waals surface area (Å²) < 4.78 is 32.1. The fourth-order valence-electron chi connectivity index (χ4n) is 3.85. The summed E-state index contributed by atoms with van der Waals surface area (Å²) >= 11 is 0. The van der Waals surface area contributed by atoms with Crippen LogP contribution in [-0.2, 0) is 17.9 Å². The van der Waals surface area contributed by atoms with Crippen molar-refractivity contribution in [2.75, 3.05) is 38.7 Å². The summed E-state index contributed by atoms with van der Waals surface area (Å²) in [5.74, 6) is -0.551. The second-order valence-electron chi connectivity index (χ2n) is 7.63. The van der Waals surface area contributed by atoms with Crippen LogP contribution in [0.5, 0.6) is 5.75 Å². The van der Waals surface area contributed by atoms with E-state index in [0.29, 0.717) is 60.3 Å². The molecule has 0 atom stereocenters. The Kier molecular flexibility index (Phi) is 9.27. The highest BCUT2D eigenvalue weighted by Crippen LogP contribution is 2.46. The number of carbonyl (C=O) groups is 3. The van der Waals surface area contributed by atoms with E-state index in [1.165, 1.54) is 4.90 Å². The summed E-state index contributed by atoms with van der Waals surface area (Å²) in [7, 11) is -2.70. The number of nitrogens with zero attached hydrogens (tertiary/aromatic N) is 1. The molecule has 190 valence electrons. The van der Waals surface area contributed by atoms with Gasteiger partial charge in [-0.3, -0.25) is 22.9 Å². The van der Waals surface area contributed by atoms with Crippen molar-refractivity contribution in [3.8, 4) is 5.75 Å². The van der Waals surface area contributed by atoms with Crippen LogP contribution in [0.25, 0.3) is 10.8 Å². The number of hydrogen-bond acceptors (Lipinski definition) is 8. The summed E-state index contributed by atoms with van der Waals surface area (Å²) in [5, 5.41) is 1.22. The third kappa shape index (κ3) is 6.21. The zero-order valence-corrected chi connectivity index (χ0v) is 20.8. The van der Waals surface area contributed by atoms with E-state index in [1.54, 1.807) is 44.2 Å². The standard InChI is InChI=1S/C25H31NO8S/c1-4-22(27)32-16-9-15-31-21-13-12-20-23-18(21)10-7-11-19(23)24(28)26(25(20)29)14-8-17-35(30,33-5-2)34-6-3/h4,7,10-13,30H,1,5-6,8-9,14-17H2,2-3H3. The van der Waals surface area contributed by atoms with Crippen molar-refractivity contribution in [3.63, 3.8) is 0 Å². The Bertz CT molecular complexity index is 1070. The van der Waals surface area contributed by atoms with Gasteiger partial charge in [0, 0.05) is 46.7 Å². The van der Waals surface area contributed by atoms with Crippen molar-refractivity contribution in [1.29, 1.82) is 0 Å². The molecule has 0 radical (unpaired) electrons. The first-order valence-electron chi connectivity index (χ1n) is 11.5. The predicted octanol–water partition coefficient (Wildman–Crippen LogP) is 4.50. The van der Waals surface area contributed by atoms with Crippen LogP contribution in [0.4, 0.5) is 0 Å². The third-order valence-electron chi connectivity index (χ3n) is 5.30. The van der Waals surface area contributed by atoms with Gasteiger partial charge in [0.2, 0.25) is 0 Å². The van der Waals surface area contributed by atoms with Crippen LogP contribution in [-0.4, -0.2) is 66.0 Å². The van der Waals surface area contributed by atoms with E-state index in [9.17, 15) is 18.9 Å². The molecule has 10 heteroatoms. The molecule has 0 saturated carbocycles. The van der Waals surface area contributed by atoms with Crippen molar-refractivity contribution in [1.82, 2.24) is 4.90 Å². The molecule has 3 rings (SSSR count). The Morgan fingerprint density at radius 1 is 1.03 bits per heavy atom. The van der Waals surface area contributed by atoms with Gasteiger partial charge in [0.15, 0.2) is 0 Å². The van der Waals surface area contributed by atoms with Crippen molar-refractivity contribution < 1.29 is 36.8 Å². The lowest BCUT2D eigenvalue weighted by Crippen LogP contribution is -2.41. The number of amides is 2. The van der Waals surface area contributed by atoms with E-state index in [2.05, 4.69) is 6.58 Å². The Morgan fingerprint density at radius 2 is 1.71 bits per heavy atom. The molecule has 0 fully saturated rings. The maximum atomic E-state index is 13.2. The molecule has 1 aliphatic rings. The van der Waals surface area contributed by atoms with Crippen molar-refractivity contribution in [2.45, 2.75) is 26.7 Å². The average Bonchev–Trinajstić information content (AvgIpc) is 2.84. The van der Waals surface area contributed by atoms with E-state index in [4.69, 9.17) is 17.8 Å². The predicted molar refractivity (Wildman–Crippen MR) is 134 cm³/mol. The molecule has 0 saturated heterocycles. The van der Waals surface area contributed by atoms with Crippen LogP contribution in [0.2, 0.25) is 0 Å². The van der Waals surface area contributed by atoms with E-state index < -0.39 is 28.7 Å². The lowest BCUT2D eigenvalue weighted by Gasteiger charge is -2.33.